The molecule has 1 heterocycles. The molecule has 32 heavy (non-hydrogen) atoms. The molecule has 2 rings (SSSR count). The number of nitrogens with zero attached hydrogens (tertiary/aromatic N) is 2. The van der Waals surface area contributed by atoms with Gasteiger partial charge in [0.2, 0.25) is 0 Å². The van der Waals surface area contributed by atoms with E-state index in [-0.39, 0.29) is 5.92 Å². The third-order valence-corrected chi connectivity index (χ3v) is 6.02. The summed E-state index contributed by atoms with van der Waals surface area (Å²) in [6, 6.07) is 8.08. The Morgan fingerprint density at radius 3 is 1.94 bits per heavy atom. The second-order valence-electron chi connectivity index (χ2n) is 8.78. The summed E-state index contributed by atoms with van der Waals surface area (Å²) < 4.78 is 5.80. The molecule has 1 aromatic heterocycles. The van der Waals surface area contributed by atoms with E-state index in [1.165, 1.54) is 64.2 Å². The monoisotopic (exact) mass is 438 g/mol. The maximum atomic E-state index is 11.5. The molecule has 0 bridgehead atoms. The Labute approximate surface area is 195 Å². The number of carbonyl (C=O) groups is 1. The van der Waals surface area contributed by atoms with Crippen LogP contribution in [0.4, 0.5) is 0 Å². The van der Waals surface area contributed by atoms with Crippen LogP contribution in [0.2, 0.25) is 0 Å². The summed E-state index contributed by atoms with van der Waals surface area (Å²) in [6.07, 6.45) is 20.6. The summed E-state index contributed by atoms with van der Waals surface area (Å²) in [5.74, 6) is 1.39. The van der Waals surface area contributed by atoms with Gasteiger partial charge in [0, 0.05) is 11.5 Å². The lowest BCUT2D eigenvalue weighted by molar-refractivity contribution is -0.109. The maximum Gasteiger partial charge on any atom is 0.159 e. The minimum Gasteiger partial charge on any atom is -0.490 e. The first-order chi connectivity index (χ1) is 15.8. The lowest BCUT2D eigenvalue weighted by atomic mass is 9.93. The predicted octanol–water partition coefficient (Wildman–Crippen LogP) is 7.92. The highest BCUT2D eigenvalue weighted by molar-refractivity contribution is 5.64. The maximum absolute atomic E-state index is 11.5. The highest BCUT2D eigenvalue weighted by Gasteiger charge is 2.11. The highest BCUT2D eigenvalue weighted by Crippen LogP contribution is 2.24. The normalized spacial score (nSPS) is 11.9. The molecule has 0 aliphatic carbocycles. The molecule has 2 aromatic rings. The van der Waals surface area contributed by atoms with Crippen molar-refractivity contribution >= 4 is 6.29 Å². The van der Waals surface area contributed by atoms with Crippen LogP contribution in [0.25, 0.3) is 11.4 Å². The molecule has 1 atom stereocenters. The Balaban J connectivity index is 1.73. The molecular formula is C28H42N2O2. The minimum absolute atomic E-state index is 0.0195. The van der Waals surface area contributed by atoms with Crippen molar-refractivity contribution in [3.8, 4) is 17.1 Å². The number of hydrogen-bond donors (Lipinski definition) is 0. The highest BCUT2D eigenvalue weighted by atomic mass is 16.5. The van der Waals surface area contributed by atoms with Gasteiger partial charge in [0.15, 0.2) is 11.6 Å². The topological polar surface area (TPSA) is 52.1 Å². The van der Waals surface area contributed by atoms with Crippen molar-refractivity contribution in [1.82, 2.24) is 9.97 Å². The van der Waals surface area contributed by atoms with Crippen LogP contribution in [0.3, 0.4) is 0 Å². The van der Waals surface area contributed by atoms with Crippen molar-refractivity contribution in [3.63, 3.8) is 0 Å². The second kappa shape index (κ2) is 16.4. The van der Waals surface area contributed by atoms with E-state index in [1.54, 1.807) is 12.4 Å². The summed E-state index contributed by atoms with van der Waals surface area (Å²) in [6.45, 7) is 5.18. The summed E-state index contributed by atoms with van der Waals surface area (Å²) in [4.78, 5) is 20.5. The molecule has 0 spiro atoms. The number of aromatic nitrogens is 2. The molecule has 1 unspecified atom stereocenters. The zero-order valence-corrected chi connectivity index (χ0v) is 20.2. The SMILES string of the molecule is CCCCCCCCCCOc1cnc(-c2ccc(C(C=O)CCCCCC)cc2)nc1. The first-order valence-electron chi connectivity index (χ1n) is 12.8. The molecule has 0 amide bonds. The Hall–Kier alpha value is -2.23. The molecule has 1 aromatic carbocycles. The number of benzene rings is 1. The molecule has 4 heteroatoms. The Morgan fingerprint density at radius 1 is 0.781 bits per heavy atom. The van der Waals surface area contributed by atoms with Crippen LogP contribution in [-0.4, -0.2) is 22.9 Å². The first-order valence-corrected chi connectivity index (χ1v) is 12.8. The first kappa shape index (κ1) is 26.0. The van der Waals surface area contributed by atoms with E-state index < -0.39 is 0 Å². The summed E-state index contributed by atoms with van der Waals surface area (Å²) in [5, 5.41) is 0. The minimum atomic E-state index is -0.0195. The Bertz CT molecular complexity index is 728. The van der Waals surface area contributed by atoms with Crippen LogP contribution in [0.5, 0.6) is 5.75 Å². The summed E-state index contributed by atoms with van der Waals surface area (Å²) in [7, 11) is 0. The Kier molecular flexibility index (Phi) is 13.3. The van der Waals surface area contributed by atoms with Crippen LogP contribution in [0.1, 0.15) is 109 Å². The van der Waals surface area contributed by atoms with Gasteiger partial charge in [-0.2, -0.15) is 0 Å². The molecule has 0 saturated heterocycles. The molecule has 176 valence electrons. The molecular weight excluding hydrogens is 396 g/mol. The van der Waals surface area contributed by atoms with Crippen LogP contribution in [0, 0.1) is 0 Å². The lowest BCUT2D eigenvalue weighted by Gasteiger charge is -2.11. The van der Waals surface area contributed by atoms with Gasteiger partial charge in [-0.3, -0.25) is 0 Å². The van der Waals surface area contributed by atoms with Gasteiger partial charge in [-0.1, -0.05) is 109 Å². The van der Waals surface area contributed by atoms with Gasteiger partial charge in [0.1, 0.15) is 6.29 Å². The van der Waals surface area contributed by atoms with Crippen molar-refractivity contribution < 1.29 is 9.53 Å². The van der Waals surface area contributed by atoms with E-state index in [0.717, 1.165) is 49.0 Å². The molecule has 0 fully saturated rings. The third-order valence-electron chi connectivity index (χ3n) is 6.02. The van der Waals surface area contributed by atoms with Crippen molar-refractivity contribution in [2.75, 3.05) is 6.61 Å². The van der Waals surface area contributed by atoms with Gasteiger partial charge >= 0.3 is 0 Å². The van der Waals surface area contributed by atoms with Crippen LogP contribution >= 0.6 is 0 Å². The van der Waals surface area contributed by atoms with Gasteiger partial charge in [-0.05, 0) is 18.4 Å². The van der Waals surface area contributed by atoms with Crippen molar-refractivity contribution in [1.29, 1.82) is 0 Å². The molecule has 4 nitrogen and oxygen atoms in total. The zero-order valence-electron chi connectivity index (χ0n) is 20.2. The molecule has 0 saturated carbocycles. The number of carbonyl (C=O) groups excluding carboxylic acids is 1. The quantitative estimate of drug-likeness (QED) is 0.175. The zero-order chi connectivity index (χ0) is 22.9. The van der Waals surface area contributed by atoms with Crippen LogP contribution < -0.4 is 4.74 Å². The molecule has 0 radical (unpaired) electrons. The lowest BCUT2D eigenvalue weighted by Crippen LogP contribution is -2.01. The number of aldehydes is 1. The van der Waals surface area contributed by atoms with E-state index >= 15 is 0 Å². The summed E-state index contributed by atoms with van der Waals surface area (Å²) >= 11 is 0. The fourth-order valence-electron chi connectivity index (χ4n) is 3.95. The fraction of sp³-hybridized carbons (Fsp3) is 0.607. The van der Waals surface area contributed by atoms with E-state index in [0.29, 0.717) is 5.82 Å². The second-order valence-corrected chi connectivity index (χ2v) is 8.78. The van der Waals surface area contributed by atoms with Gasteiger partial charge in [-0.15, -0.1) is 0 Å². The van der Waals surface area contributed by atoms with Crippen molar-refractivity contribution in [2.45, 2.75) is 103 Å². The Morgan fingerprint density at radius 2 is 1.34 bits per heavy atom. The van der Waals surface area contributed by atoms with E-state index in [1.807, 2.05) is 24.3 Å². The average Bonchev–Trinajstić information content (AvgIpc) is 2.84. The number of hydrogen-bond acceptors (Lipinski definition) is 4. The standard InChI is InChI=1S/C28H42N2O2/c1-3-5-7-9-10-11-12-14-20-32-27-21-29-28(30-22-27)25-18-16-24(17-19-25)26(23-31)15-13-8-6-4-2/h16-19,21-23,26H,3-15,20H2,1-2H3. The van der Waals surface area contributed by atoms with E-state index in [4.69, 9.17) is 4.74 Å². The summed E-state index contributed by atoms with van der Waals surface area (Å²) in [5.41, 5.74) is 2.03. The van der Waals surface area contributed by atoms with Crippen LogP contribution in [-0.2, 0) is 4.79 Å². The van der Waals surface area contributed by atoms with Gasteiger partial charge in [-0.25, -0.2) is 9.97 Å². The smallest absolute Gasteiger partial charge is 0.159 e. The third kappa shape index (κ3) is 9.93. The number of rotatable bonds is 18. The largest absolute Gasteiger partial charge is 0.490 e. The van der Waals surface area contributed by atoms with E-state index in [2.05, 4.69) is 23.8 Å². The number of ether oxygens (including phenoxy) is 1. The van der Waals surface area contributed by atoms with E-state index in [9.17, 15) is 4.79 Å². The fourth-order valence-corrected chi connectivity index (χ4v) is 3.95. The van der Waals surface area contributed by atoms with Gasteiger partial charge in [0.05, 0.1) is 19.0 Å². The van der Waals surface area contributed by atoms with Crippen molar-refractivity contribution in [3.05, 3.63) is 42.2 Å². The molecule has 0 N–H and O–H groups in total. The predicted molar refractivity (Wildman–Crippen MR) is 133 cm³/mol. The van der Waals surface area contributed by atoms with Crippen LogP contribution in [0.15, 0.2) is 36.7 Å². The van der Waals surface area contributed by atoms with Gasteiger partial charge < -0.3 is 9.53 Å². The average molecular weight is 439 g/mol. The van der Waals surface area contributed by atoms with Crippen molar-refractivity contribution in [2.24, 2.45) is 0 Å². The van der Waals surface area contributed by atoms with Gasteiger partial charge in [0.25, 0.3) is 0 Å². The molecule has 0 aliphatic heterocycles. The molecule has 0 aliphatic rings. The number of unbranched alkanes of at least 4 members (excludes halogenated alkanes) is 10.